The van der Waals surface area contributed by atoms with Crippen molar-refractivity contribution in [1.29, 1.82) is 0 Å². The topological polar surface area (TPSA) is 72.2 Å². The summed E-state index contributed by atoms with van der Waals surface area (Å²) in [6.07, 6.45) is 0.740. The van der Waals surface area contributed by atoms with Crippen molar-refractivity contribution in [2.45, 2.75) is 45.1 Å². The van der Waals surface area contributed by atoms with Gasteiger partial charge in [-0.3, -0.25) is 0 Å². The summed E-state index contributed by atoms with van der Waals surface area (Å²) in [6, 6.07) is 1.42. The molecule has 1 aromatic rings. The van der Waals surface area contributed by atoms with Gasteiger partial charge in [0.2, 0.25) is 10.0 Å². The van der Waals surface area contributed by atoms with Crippen LogP contribution in [0.3, 0.4) is 0 Å². The highest BCUT2D eigenvalue weighted by molar-refractivity contribution is 7.89. The number of nitrogens with two attached hydrogens (primary N) is 1. The van der Waals surface area contributed by atoms with E-state index >= 15 is 0 Å². The van der Waals surface area contributed by atoms with E-state index in [-0.39, 0.29) is 22.5 Å². The molecule has 0 radical (unpaired) electrons. The van der Waals surface area contributed by atoms with Gasteiger partial charge in [-0.2, -0.15) is 0 Å². The fourth-order valence-electron chi connectivity index (χ4n) is 2.11. The fraction of sp³-hybridized carbons (Fsp3) is 0.571. The lowest BCUT2D eigenvalue weighted by Crippen LogP contribution is -2.38. The van der Waals surface area contributed by atoms with Crippen LogP contribution in [0.25, 0.3) is 0 Å². The summed E-state index contributed by atoms with van der Waals surface area (Å²) >= 11 is 12.2. The van der Waals surface area contributed by atoms with Crippen LogP contribution in [0.1, 0.15) is 31.4 Å². The minimum Gasteiger partial charge on any atom is -0.327 e. The third-order valence-corrected chi connectivity index (χ3v) is 5.75. The standard InChI is InChI=1S/C14H22Cl2N2O2S/c1-8(2)5-11(17)7-18-21(19,20)14-10(4)12(15)6-9(3)13(14)16/h6,8,11,18H,5,7,17H2,1-4H3. The van der Waals surface area contributed by atoms with E-state index in [9.17, 15) is 8.42 Å². The third kappa shape index (κ3) is 4.83. The van der Waals surface area contributed by atoms with E-state index in [1.54, 1.807) is 19.9 Å². The van der Waals surface area contributed by atoms with Crippen LogP contribution >= 0.6 is 23.2 Å². The van der Waals surface area contributed by atoms with E-state index in [4.69, 9.17) is 28.9 Å². The second kappa shape index (κ2) is 7.29. The average molecular weight is 353 g/mol. The number of hydrogen-bond acceptors (Lipinski definition) is 3. The van der Waals surface area contributed by atoms with Crippen molar-refractivity contribution in [3.63, 3.8) is 0 Å². The summed E-state index contributed by atoms with van der Waals surface area (Å²) < 4.78 is 27.4. The molecule has 0 aliphatic heterocycles. The quantitative estimate of drug-likeness (QED) is 0.825. The molecule has 0 spiro atoms. The van der Waals surface area contributed by atoms with Crippen molar-refractivity contribution in [2.24, 2.45) is 11.7 Å². The first kappa shape index (κ1) is 18.7. The Hall–Kier alpha value is -0.330. The first-order chi connectivity index (χ1) is 9.56. The van der Waals surface area contributed by atoms with Gasteiger partial charge in [0, 0.05) is 17.6 Å². The predicted octanol–water partition coefficient (Wildman–Crippen LogP) is 3.26. The summed E-state index contributed by atoms with van der Waals surface area (Å²) in [5, 5.41) is 0.575. The zero-order chi connectivity index (χ0) is 16.4. The lowest BCUT2D eigenvalue weighted by molar-refractivity contribution is 0.485. The van der Waals surface area contributed by atoms with Gasteiger partial charge in [0.1, 0.15) is 4.90 Å². The first-order valence-corrected chi connectivity index (χ1v) is 9.00. The Morgan fingerprint density at radius 2 is 1.86 bits per heavy atom. The molecule has 0 aromatic heterocycles. The molecule has 0 fully saturated rings. The molecule has 1 rings (SSSR count). The van der Waals surface area contributed by atoms with E-state index in [1.165, 1.54) is 0 Å². The molecule has 0 aliphatic rings. The van der Waals surface area contributed by atoms with Crippen molar-refractivity contribution in [3.05, 3.63) is 27.2 Å². The Morgan fingerprint density at radius 3 is 2.38 bits per heavy atom. The number of hydrogen-bond donors (Lipinski definition) is 2. The van der Waals surface area contributed by atoms with Crippen LogP contribution < -0.4 is 10.5 Å². The van der Waals surface area contributed by atoms with E-state index in [1.807, 2.05) is 13.8 Å². The molecule has 0 saturated carbocycles. The van der Waals surface area contributed by atoms with Crippen LogP contribution in [-0.2, 0) is 10.0 Å². The lowest BCUT2D eigenvalue weighted by atomic mass is 10.1. The van der Waals surface area contributed by atoms with Gasteiger partial charge in [0.15, 0.2) is 0 Å². The maximum atomic E-state index is 12.5. The molecule has 0 aliphatic carbocycles. The van der Waals surface area contributed by atoms with Gasteiger partial charge < -0.3 is 5.73 Å². The van der Waals surface area contributed by atoms with E-state index in [0.717, 1.165) is 6.42 Å². The fourth-order valence-corrected chi connectivity index (χ4v) is 4.41. The van der Waals surface area contributed by atoms with Crippen LogP contribution in [0.15, 0.2) is 11.0 Å². The van der Waals surface area contributed by atoms with Crippen molar-refractivity contribution in [1.82, 2.24) is 4.72 Å². The van der Waals surface area contributed by atoms with E-state index in [0.29, 0.717) is 22.1 Å². The summed E-state index contributed by atoms with van der Waals surface area (Å²) in [5.41, 5.74) is 6.98. The molecule has 1 atom stereocenters. The minimum absolute atomic E-state index is 0.0333. The maximum absolute atomic E-state index is 12.5. The van der Waals surface area contributed by atoms with Gasteiger partial charge in [-0.15, -0.1) is 0 Å². The summed E-state index contributed by atoms with van der Waals surface area (Å²) in [7, 11) is -3.74. The maximum Gasteiger partial charge on any atom is 0.242 e. The molecule has 0 bridgehead atoms. The van der Waals surface area contributed by atoms with Crippen LogP contribution in [0, 0.1) is 19.8 Å². The molecule has 1 aromatic carbocycles. The zero-order valence-corrected chi connectivity index (χ0v) is 15.0. The highest BCUT2D eigenvalue weighted by Crippen LogP contribution is 2.33. The monoisotopic (exact) mass is 352 g/mol. The smallest absolute Gasteiger partial charge is 0.242 e. The Kier molecular flexibility index (Phi) is 6.50. The molecule has 1 unspecified atom stereocenters. The molecule has 0 heterocycles. The Labute approximate surface area is 137 Å². The third-order valence-electron chi connectivity index (χ3n) is 3.17. The van der Waals surface area contributed by atoms with Crippen LogP contribution in [0.2, 0.25) is 10.0 Å². The van der Waals surface area contributed by atoms with Crippen LogP contribution in [-0.4, -0.2) is 21.0 Å². The molecule has 7 heteroatoms. The Morgan fingerprint density at radius 1 is 1.29 bits per heavy atom. The highest BCUT2D eigenvalue weighted by atomic mass is 35.5. The first-order valence-electron chi connectivity index (χ1n) is 6.76. The summed E-state index contributed by atoms with van der Waals surface area (Å²) in [6.45, 7) is 7.60. The molecular weight excluding hydrogens is 331 g/mol. The van der Waals surface area contributed by atoms with Crippen molar-refractivity contribution < 1.29 is 8.42 Å². The van der Waals surface area contributed by atoms with Crippen molar-refractivity contribution >= 4 is 33.2 Å². The van der Waals surface area contributed by atoms with Crippen LogP contribution in [0.4, 0.5) is 0 Å². The largest absolute Gasteiger partial charge is 0.327 e. The molecule has 21 heavy (non-hydrogen) atoms. The normalized spacial score (nSPS) is 13.7. The molecule has 4 nitrogen and oxygen atoms in total. The molecule has 120 valence electrons. The van der Waals surface area contributed by atoms with Gasteiger partial charge in [-0.05, 0) is 43.4 Å². The Bertz CT molecular complexity index is 590. The molecule has 0 saturated heterocycles. The lowest BCUT2D eigenvalue weighted by Gasteiger charge is -2.17. The molecular formula is C14H22Cl2N2O2S. The summed E-state index contributed by atoms with van der Waals surface area (Å²) in [5.74, 6) is 0.406. The number of nitrogens with one attached hydrogen (secondary N) is 1. The second-order valence-corrected chi connectivity index (χ2v) is 8.17. The molecule has 0 amide bonds. The van der Waals surface area contributed by atoms with Gasteiger partial charge in [0.05, 0.1) is 5.02 Å². The number of sulfonamides is 1. The van der Waals surface area contributed by atoms with Crippen molar-refractivity contribution in [2.75, 3.05) is 6.54 Å². The van der Waals surface area contributed by atoms with Crippen LogP contribution in [0.5, 0.6) is 0 Å². The van der Waals surface area contributed by atoms with Gasteiger partial charge in [-0.1, -0.05) is 37.0 Å². The van der Waals surface area contributed by atoms with E-state index < -0.39 is 10.0 Å². The SMILES string of the molecule is Cc1cc(Cl)c(C)c(S(=O)(=O)NCC(N)CC(C)C)c1Cl. The van der Waals surface area contributed by atoms with Gasteiger partial charge in [-0.25, -0.2) is 13.1 Å². The zero-order valence-electron chi connectivity index (χ0n) is 12.7. The number of halogens is 2. The second-order valence-electron chi connectivity index (χ2n) is 5.68. The number of rotatable bonds is 6. The number of aryl methyl sites for hydroxylation is 1. The highest BCUT2D eigenvalue weighted by Gasteiger charge is 2.24. The Balaban J connectivity index is 3.04. The molecule has 3 N–H and O–H groups in total. The van der Waals surface area contributed by atoms with Gasteiger partial charge in [0.25, 0.3) is 0 Å². The number of benzene rings is 1. The van der Waals surface area contributed by atoms with E-state index in [2.05, 4.69) is 4.72 Å². The minimum atomic E-state index is -3.74. The summed E-state index contributed by atoms with van der Waals surface area (Å²) in [4.78, 5) is 0.0333. The average Bonchev–Trinajstić information content (AvgIpc) is 2.33. The predicted molar refractivity (Wildman–Crippen MR) is 88.6 cm³/mol. The van der Waals surface area contributed by atoms with Gasteiger partial charge >= 0.3 is 0 Å². The van der Waals surface area contributed by atoms with Crippen molar-refractivity contribution in [3.8, 4) is 0 Å².